The SMILES string of the molecule is O=C(O)C(=Cc1ccc(Oc2ccccc2Br)cc1)NC(=O)c1ccc(C(F)(F)F)cc1. The summed E-state index contributed by atoms with van der Waals surface area (Å²) in [6, 6.07) is 17.2. The summed E-state index contributed by atoms with van der Waals surface area (Å²) in [4.78, 5) is 23.8. The van der Waals surface area contributed by atoms with Gasteiger partial charge in [-0.05, 0) is 76.1 Å². The predicted octanol–water partition coefficient (Wildman–Crippen LogP) is 6.12. The van der Waals surface area contributed by atoms with Gasteiger partial charge in [0.2, 0.25) is 0 Å². The van der Waals surface area contributed by atoms with E-state index in [0.717, 1.165) is 28.7 Å². The number of nitrogens with one attached hydrogen (secondary N) is 1. The van der Waals surface area contributed by atoms with Gasteiger partial charge in [-0.15, -0.1) is 0 Å². The second-order valence-electron chi connectivity index (χ2n) is 6.49. The molecule has 0 spiro atoms. The van der Waals surface area contributed by atoms with Gasteiger partial charge in [-0.1, -0.05) is 24.3 Å². The Morgan fingerprint density at radius 3 is 2.12 bits per heavy atom. The van der Waals surface area contributed by atoms with Crippen LogP contribution in [0, 0.1) is 0 Å². The Hall–Kier alpha value is -3.59. The lowest BCUT2D eigenvalue weighted by atomic mass is 10.1. The molecule has 1 amide bonds. The van der Waals surface area contributed by atoms with Crippen LogP contribution in [0.15, 0.2) is 83.0 Å². The van der Waals surface area contributed by atoms with Crippen molar-refractivity contribution < 1.29 is 32.6 Å². The third kappa shape index (κ3) is 5.98. The molecule has 0 bridgehead atoms. The zero-order chi connectivity index (χ0) is 23.3. The van der Waals surface area contributed by atoms with Crippen molar-refractivity contribution in [1.82, 2.24) is 5.32 Å². The molecule has 3 aromatic rings. The fourth-order valence-electron chi connectivity index (χ4n) is 2.61. The van der Waals surface area contributed by atoms with Gasteiger partial charge >= 0.3 is 12.1 Å². The van der Waals surface area contributed by atoms with E-state index in [2.05, 4.69) is 21.2 Å². The maximum Gasteiger partial charge on any atom is 0.416 e. The number of hydrogen-bond acceptors (Lipinski definition) is 3. The Bertz CT molecular complexity index is 1160. The number of halogens is 4. The number of para-hydroxylation sites is 1. The number of ether oxygens (including phenoxy) is 1. The summed E-state index contributed by atoms with van der Waals surface area (Å²) in [5.74, 6) is -1.13. The molecular formula is C23H15BrF3NO4. The molecule has 5 nitrogen and oxygen atoms in total. The minimum atomic E-state index is -4.53. The van der Waals surface area contributed by atoms with Gasteiger partial charge in [-0.3, -0.25) is 4.79 Å². The zero-order valence-corrected chi connectivity index (χ0v) is 17.8. The lowest BCUT2D eigenvalue weighted by Crippen LogP contribution is -2.27. The van der Waals surface area contributed by atoms with Gasteiger partial charge in [0.15, 0.2) is 0 Å². The van der Waals surface area contributed by atoms with Crippen LogP contribution in [-0.2, 0) is 11.0 Å². The van der Waals surface area contributed by atoms with Crippen molar-refractivity contribution in [2.75, 3.05) is 0 Å². The van der Waals surface area contributed by atoms with Crippen LogP contribution in [0.1, 0.15) is 21.5 Å². The van der Waals surface area contributed by atoms with Gasteiger partial charge in [-0.2, -0.15) is 13.2 Å². The number of hydrogen-bond donors (Lipinski definition) is 2. The number of alkyl halides is 3. The molecule has 3 rings (SSSR count). The van der Waals surface area contributed by atoms with E-state index < -0.39 is 29.3 Å². The van der Waals surface area contributed by atoms with Gasteiger partial charge in [-0.25, -0.2) is 4.79 Å². The van der Waals surface area contributed by atoms with Crippen molar-refractivity contribution in [3.8, 4) is 11.5 Å². The summed E-state index contributed by atoms with van der Waals surface area (Å²) in [7, 11) is 0. The second kappa shape index (κ2) is 9.69. The van der Waals surface area contributed by atoms with E-state index in [1.165, 1.54) is 6.08 Å². The first-order valence-corrected chi connectivity index (χ1v) is 9.89. The number of amides is 1. The smallest absolute Gasteiger partial charge is 0.416 e. The molecule has 0 aliphatic rings. The largest absolute Gasteiger partial charge is 0.477 e. The quantitative estimate of drug-likeness (QED) is 0.396. The molecule has 0 fully saturated rings. The van der Waals surface area contributed by atoms with Crippen LogP contribution in [0.4, 0.5) is 13.2 Å². The van der Waals surface area contributed by atoms with Gasteiger partial charge in [0.05, 0.1) is 10.0 Å². The predicted molar refractivity (Wildman–Crippen MR) is 115 cm³/mol. The summed E-state index contributed by atoms with van der Waals surface area (Å²) in [6.45, 7) is 0. The fourth-order valence-corrected chi connectivity index (χ4v) is 2.98. The van der Waals surface area contributed by atoms with Crippen molar-refractivity contribution in [2.24, 2.45) is 0 Å². The third-order valence-corrected chi connectivity index (χ3v) is 4.86. The molecule has 32 heavy (non-hydrogen) atoms. The molecule has 0 aliphatic carbocycles. The molecule has 0 atom stereocenters. The highest BCUT2D eigenvalue weighted by atomic mass is 79.9. The molecule has 0 saturated carbocycles. The van der Waals surface area contributed by atoms with Crippen LogP contribution in [-0.4, -0.2) is 17.0 Å². The van der Waals surface area contributed by atoms with Gasteiger partial charge in [0, 0.05) is 5.56 Å². The maximum atomic E-state index is 12.7. The summed E-state index contributed by atoms with van der Waals surface area (Å²) in [5, 5.41) is 11.6. The molecular weight excluding hydrogens is 491 g/mol. The number of rotatable bonds is 6. The van der Waals surface area contributed by atoms with E-state index in [1.807, 2.05) is 18.2 Å². The number of aliphatic carboxylic acids is 1. The second-order valence-corrected chi connectivity index (χ2v) is 7.35. The summed E-state index contributed by atoms with van der Waals surface area (Å²) in [5.41, 5.74) is -0.987. The van der Waals surface area contributed by atoms with Crippen molar-refractivity contribution in [3.05, 3.63) is 99.7 Å². The first-order chi connectivity index (χ1) is 15.1. The Morgan fingerprint density at radius 2 is 1.56 bits per heavy atom. The number of benzene rings is 3. The van der Waals surface area contributed by atoms with Crippen LogP contribution in [0.2, 0.25) is 0 Å². The Morgan fingerprint density at radius 1 is 0.938 bits per heavy atom. The zero-order valence-electron chi connectivity index (χ0n) is 16.2. The minimum Gasteiger partial charge on any atom is -0.477 e. The average molecular weight is 506 g/mol. The van der Waals surface area contributed by atoms with E-state index in [1.54, 1.807) is 30.3 Å². The lowest BCUT2D eigenvalue weighted by molar-refractivity contribution is -0.137. The monoisotopic (exact) mass is 505 g/mol. The number of carbonyl (C=O) groups excluding carboxylic acids is 1. The van der Waals surface area contributed by atoms with Crippen LogP contribution < -0.4 is 10.1 Å². The van der Waals surface area contributed by atoms with Gasteiger partial charge in [0.25, 0.3) is 5.91 Å². The molecule has 0 unspecified atom stereocenters. The molecule has 0 radical (unpaired) electrons. The molecule has 0 aliphatic heterocycles. The summed E-state index contributed by atoms with van der Waals surface area (Å²) >= 11 is 3.38. The van der Waals surface area contributed by atoms with Crippen molar-refractivity contribution in [3.63, 3.8) is 0 Å². The van der Waals surface area contributed by atoms with E-state index >= 15 is 0 Å². The van der Waals surface area contributed by atoms with E-state index in [4.69, 9.17) is 4.74 Å². The maximum absolute atomic E-state index is 12.7. The lowest BCUT2D eigenvalue weighted by Gasteiger charge is -2.09. The molecule has 0 heterocycles. The van der Waals surface area contributed by atoms with Crippen LogP contribution in [0.5, 0.6) is 11.5 Å². The topological polar surface area (TPSA) is 75.6 Å². The standard InChI is InChI=1S/C23H15BrF3NO4/c24-18-3-1-2-4-20(18)32-17-11-5-14(6-12-17)13-19(22(30)31)28-21(29)15-7-9-16(10-8-15)23(25,26)27/h1-13H,(H,28,29)(H,30,31). The van der Waals surface area contributed by atoms with Gasteiger partial charge in [0.1, 0.15) is 17.2 Å². The average Bonchev–Trinajstić information content (AvgIpc) is 2.75. The fraction of sp³-hybridized carbons (Fsp3) is 0.0435. The molecule has 0 aromatic heterocycles. The van der Waals surface area contributed by atoms with Crippen LogP contribution in [0.3, 0.4) is 0 Å². The number of carboxylic acid groups (broad SMARTS) is 1. The van der Waals surface area contributed by atoms with E-state index in [9.17, 15) is 27.9 Å². The number of carboxylic acids is 1. The first-order valence-electron chi connectivity index (χ1n) is 9.09. The Labute approximate surface area is 189 Å². The number of carbonyl (C=O) groups is 2. The first kappa shape index (κ1) is 23.1. The third-order valence-electron chi connectivity index (χ3n) is 4.21. The van der Waals surface area contributed by atoms with E-state index in [-0.39, 0.29) is 5.56 Å². The highest BCUT2D eigenvalue weighted by Crippen LogP contribution is 2.30. The van der Waals surface area contributed by atoms with Crippen molar-refractivity contribution in [1.29, 1.82) is 0 Å². The molecule has 3 aromatic carbocycles. The van der Waals surface area contributed by atoms with Crippen LogP contribution in [0.25, 0.3) is 6.08 Å². The highest BCUT2D eigenvalue weighted by Gasteiger charge is 2.30. The Kier molecular flexibility index (Phi) is 6.99. The minimum absolute atomic E-state index is 0.109. The molecule has 9 heteroatoms. The normalized spacial score (nSPS) is 11.7. The van der Waals surface area contributed by atoms with E-state index in [0.29, 0.717) is 17.1 Å². The molecule has 164 valence electrons. The van der Waals surface area contributed by atoms with Gasteiger partial charge < -0.3 is 15.2 Å². The molecule has 2 N–H and O–H groups in total. The van der Waals surface area contributed by atoms with Crippen molar-refractivity contribution in [2.45, 2.75) is 6.18 Å². The molecule has 0 saturated heterocycles. The Balaban J connectivity index is 1.73. The van der Waals surface area contributed by atoms with Crippen LogP contribution >= 0.6 is 15.9 Å². The van der Waals surface area contributed by atoms with Crippen molar-refractivity contribution >= 4 is 33.9 Å². The highest BCUT2D eigenvalue weighted by molar-refractivity contribution is 9.10. The summed E-state index contributed by atoms with van der Waals surface area (Å²) < 4.78 is 44.5. The summed E-state index contributed by atoms with van der Waals surface area (Å²) in [6.07, 6.45) is -3.31.